The predicted octanol–water partition coefficient (Wildman–Crippen LogP) is 0.145. The van der Waals surface area contributed by atoms with Gasteiger partial charge in [0.15, 0.2) is 0 Å². The van der Waals surface area contributed by atoms with Crippen molar-refractivity contribution in [2.24, 2.45) is 11.7 Å². The van der Waals surface area contributed by atoms with E-state index in [1.165, 1.54) is 4.90 Å². The molecule has 1 aliphatic rings. The van der Waals surface area contributed by atoms with E-state index >= 15 is 0 Å². The van der Waals surface area contributed by atoms with E-state index in [-0.39, 0.29) is 5.92 Å². The standard InChI is InChI=1S/C12H21N3O4/c1-7(2)6-8(11(17)18)14-12(19)15-5-3-4-9(15)10(13)16/h7-9H,3-6H2,1-2H3,(H2,13,16)(H,14,19)(H,17,18)/t8-,9?/m0/s1. The molecule has 108 valence electrons. The SMILES string of the molecule is CC(C)C[C@H](NC(=O)N1CCCC1C(N)=O)C(=O)O. The van der Waals surface area contributed by atoms with E-state index in [1.807, 2.05) is 13.8 Å². The summed E-state index contributed by atoms with van der Waals surface area (Å²) < 4.78 is 0. The highest BCUT2D eigenvalue weighted by molar-refractivity contribution is 5.88. The summed E-state index contributed by atoms with van der Waals surface area (Å²) in [6.45, 7) is 4.18. The maximum atomic E-state index is 12.0. The number of carbonyl (C=O) groups is 3. The summed E-state index contributed by atoms with van der Waals surface area (Å²) in [6, 6.07) is -2.11. The van der Waals surface area contributed by atoms with Gasteiger partial charge in [0, 0.05) is 6.54 Å². The minimum Gasteiger partial charge on any atom is -0.480 e. The second-order valence-electron chi connectivity index (χ2n) is 5.22. The molecule has 1 saturated heterocycles. The lowest BCUT2D eigenvalue weighted by molar-refractivity contribution is -0.139. The molecule has 0 radical (unpaired) electrons. The number of nitrogens with one attached hydrogen (secondary N) is 1. The number of hydrogen-bond donors (Lipinski definition) is 3. The van der Waals surface area contributed by atoms with Gasteiger partial charge in [-0.3, -0.25) is 4.79 Å². The molecule has 1 aliphatic heterocycles. The van der Waals surface area contributed by atoms with Crippen LogP contribution >= 0.6 is 0 Å². The summed E-state index contributed by atoms with van der Waals surface area (Å²) >= 11 is 0. The number of urea groups is 1. The van der Waals surface area contributed by atoms with Crippen LogP contribution in [-0.2, 0) is 9.59 Å². The fourth-order valence-corrected chi connectivity index (χ4v) is 2.23. The molecule has 2 atom stereocenters. The van der Waals surface area contributed by atoms with Gasteiger partial charge >= 0.3 is 12.0 Å². The number of nitrogens with zero attached hydrogens (tertiary/aromatic N) is 1. The molecule has 0 aliphatic carbocycles. The number of carbonyl (C=O) groups excluding carboxylic acids is 2. The van der Waals surface area contributed by atoms with E-state index < -0.39 is 30.0 Å². The van der Waals surface area contributed by atoms with Gasteiger partial charge in [-0.2, -0.15) is 0 Å². The lowest BCUT2D eigenvalue weighted by atomic mass is 10.0. The predicted molar refractivity (Wildman–Crippen MR) is 68.3 cm³/mol. The Morgan fingerprint density at radius 3 is 2.53 bits per heavy atom. The second kappa shape index (κ2) is 6.40. The number of amides is 3. The molecule has 0 aromatic carbocycles. The van der Waals surface area contributed by atoms with Gasteiger partial charge in [-0.05, 0) is 25.2 Å². The topological polar surface area (TPSA) is 113 Å². The zero-order valence-corrected chi connectivity index (χ0v) is 11.3. The van der Waals surface area contributed by atoms with Crippen molar-refractivity contribution in [2.75, 3.05) is 6.54 Å². The fraction of sp³-hybridized carbons (Fsp3) is 0.750. The number of carboxylic acid groups (broad SMARTS) is 1. The monoisotopic (exact) mass is 271 g/mol. The first-order valence-electron chi connectivity index (χ1n) is 6.42. The summed E-state index contributed by atoms with van der Waals surface area (Å²) in [5.41, 5.74) is 5.22. The van der Waals surface area contributed by atoms with Crippen LogP contribution in [0.3, 0.4) is 0 Å². The molecule has 0 aromatic heterocycles. The maximum Gasteiger partial charge on any atom is 0.326 e. The van der Waals surface area contributed by atoms with Gasteiger partial charge in [0.05, 0.1) is 0 Å². The Balaban J connectivity index is 2.66. The lowest BCUT2D eigenvalue weighted by Gasteiger charge is -2.25. The van der Waals surface area contributed by atoms with Crippen LogP contribution in [0.4, 0.5) is 4.79 Å². The average molecular weight is 271 g/mol. The molecule has 0 saturated carbocycles. The first-order chi connectivity index (χ1) is 8.82. The van der Waals surface area contributed by atoms with E-state index in [0.717, 1.165) is 0 Å². The van der Waals surface area contributed by atoms with Crippen LogP contribution < -0.4 is 11.1 Å². The molecule has 7 heteroatoms. The van der Waals surface area contributed by atoms with Crippen LogP contribution in [0.5, 0.6) is 0 Å². The first-order valence-corrected chi connectivity index (χ1v) is 6.42. The normalized spacial score (nSPS) is 20.4. The van der Waals surface area contributed by atoms with Gasteiger partial charge in [-0.15, -0.1) is 0 Å². The van der Waals surface area contributed by atoms with Gasteiger partial charge < -0.3 is 21.1 Å². The van der Waals surface area contributed by atoms with Crippen LogP contribution in [-0.4, -0.2) is 46.5 Å². The van der Waals surface area contributed by atoms with Crippen molar-refractivity contribution in [2.45, 2.75) is 45.2 Å². The smallest absolute Gasteiger partial charge is 0.326 e. The van der Waals surface area contributed by atoms with E-state index in [0.29, 0.717) is 25.8 Å². The number of likely N-dealkylation sites (tertiary alicyclic amines) is 1. The first kappa shape index (κ1) is 15.3. The number of rotatable bonds is 5. The van der Waals surface area contributed by atoms with Gasteiger partial charge in [-0.25, -0.2) is 9.59 Å². The van der Waals surface area contributed by atoms with E-state index in [9.17, 15) is 14.4 Å². The maximum absolute atomic E-state index is 12.0. The largest absolute Gasteiger partial charge is 0.480 e. The average Bonchev–Trinajstić information content (AvgIpc) is 2.76. The van der Waals surface area contributed by atoms with Crippen LogP contribution in [0.15, 0.2) is 0 Å². The van der Waals surface area contributed by atoms with Crippen molar-refractivity contribution in [3.8, 4) is 0 Å². The third-order valence-corrected chi connectivity index (χ3v) is 3.14. The van der Waals surface area contributed by atoms with E-state index in [2.05, 4.69) is 5.32 Å². The minimum absolute atomic E-state index is 0.145. The Morgan fingerprint density at radius 2 is 2.05 bits per heavy atom. The van der Waals surface area contributed by atoms with Crippen molar-refractivity contribution in [3.05, 3.63) is 0 Å². The molecule has 0 spiro atoms. The van der Waals surface area contributed by atoms with Crippen molar-refractivity contribution in [1.29, 1.82) is 0 Å². The van der Waals surface area contributed by atoms with Gasteiger partial charge in [0.2, 0.25) is 5.91 Å². The molecule has 1 rings (SSSR count). The van der Waals surface area contributed by atoms with E-state index in [4.69, 9.17) is 10.8 Å². The Labute approximate surface area is 112 Å². The number of aliphatic carboxylic acids is 1. The zero-order chi connectivity index (χ0) is 14.6. The Hall–Kier alpha value is -1.79. The molecular formula is C12H21N3O4. The lowest BCUT2D eigenvalue weighted by Crippen LogP contribution is -2.52. The third kappa shape index (κ3) is 4.11. The summed E-state index contributed by atoms with van der Waals surface area (Å²) in [5, 5.41) is 11.5. The van der Waals surface area contributed by atoms with Crippen LogP contribution in [0.25, 0.3) is 0 Å². The van der Waals surface area contributed by atoms with Crippen molar-refractivity contribution < 1.29 is 19.5 Å². The van der Waals surface area contributed by atoms with E-state index in [1.54, 1.807) is 0 Å². The Kier molecular flexibility index (Phi) is 5.14. The summed E-state index contributed by atoms with van der Waals surface area (Å²) in [4.78, 5) is 35.6. The summed E-state index contributed by atoms with van der Waals surface area (Å²) in [6.07, 6.45) is 1.57. The molecule has 0 bridgehead atoms. The van der Waals surface area contributed by atoms with Crippen LogP contribution in [0.1, 0.15) is 33.1 Å². The minimum atomic E-state index is -1.07. The summed E-state index contributed by atoms with van der Waals surface area (Å²) in [5.74, 6) is -1.48. The number of hydrogen-bond acceptors (Lipinski definition) is 3. The highest BCUT2D eigenvalue weighted by atomic mass is 16.4. The Morgan fingerprint density at radius 1 is 1.42 bits per heavy atom. The molecule has 19 heavy (non-hydrogen) atoms. The Bertz CT molecular complexity index is 370. The number of primary amides is 1. The molecule has 4 N–H and O–H groups in total. The highest BCUT2D eigenvalue weighted by Crippen LogP contribution is 2.17. The zero-order valence-electron chi connectivity index (χ0n) is 11.3. The van der Waals surface area contributed by atoms with Crippen molar-refractivity contribution >= 4 is 17.9 Å². The van der Waals surface area contributed by atoms with Crippen molar-refractivity contribution in [3.63, 3.8) is 0 Å². The molecule has 1 unspecified atom stereocenters. The molecule has 1 heterocycles. The molecule has 0 aromatic rings. The number of nitrogens with two attached hydrogens (primary N) is 1. The molecule has 1 fully saturated rings. The van der Waals surface area contributed by atoms with Crippen molar-refractivity contribution in [1.82, 2.24) is 10.2 Å². The van der Waals surface area contributed by atoms with Gasteiger partial charge in [0.25, 0.3) is 0 Å². The third-order valence-electron chi connectivity index (χ3n) is 3.14. The number of carboxylic acids is 1. The summed E-state index contributed by atoms with van der Waals surface area (Å²) in [7, 11) is 0. The van der Waals surface area contributed by atoms with Crippen LogP contribution in [0.2, 0.25) is 0 Å². The molecule has 7 nitrogen and oxygen atoms in total. The highest BCUT2D eigenvalue weighted by Gasteiger charge is 2.34. The van der Waals surface area contributed by atoms with Gasteiger partial charge in [-0.1, -0.05) is 13.8 Å². The quantitative estimate of drug-likeness (QED) is 0.660. The second-order valence-corrected chi connectivity index (χ2v) is 5.22. The van der Waals surface area contributed by atoms with Gasteiger partial charge in [0.1, 0.15) is 12.1 Å². The fourth-order valence-electron chi connectivity index (χ4n) is 2.23. The van der Waals surface area contributed by atoms with Crippen LogP contribution in [0, 0.1) is 5.92 Å². The molecule has 3 amide bonds. The molecular weight excluding hydrogens is 250 g/mol.